The molecule has 0 fully saturated rings. The standard InChI is InChI=1S/C27H18N2/c1-17-6-7-18-8-9-19-15-20(10-11-22(19)24(18)14-17)25-16-21-4-2-12-28-26(21)27-23(25)5-3-13-29-27/h2-16H,1H3. The molecule has 2 heterocycles. The Hall–Kier alpha value is -3.78. The molecule has 0 spiro atoms. The average Bonchev–Trinajstić information content (AvgIpc) is 2.78. The lowest BCUT2D eigenvalue weighted by Gasteiger charge is -2.11. The first-order valence-electron chi connectivity index (χ1n) is 9.84. The van der Waals surface area contributed by atoms with Crippen molar-refractivity contribution in [2.75, 3.05) is 0 Å². The second kappa shape index (κ2) is 6.11. The molecule has 0 aliphatic heterocycles. The van der Waals surface area contributed by atoms with Gasteiger partial charge in [0.15, 0.2) is 0 Å². The molecule has 0 saturated heterocycles. The van der Waals surface area contributed by atoms with Crippen LogP contribution < -0.4 is 0 Å². The van der Waals surface area contributed by atoms with E-state index in [2.05, 4.69) is 83.6 Å². The summed E-state index contributed by atoms with van der Waals surface area (Å²) in [6.45, 7) is 2.15. The van der Waals surface area contributed by atoms with Crippen LogP contribution in [0.3, 0.4) is 0 Å². The summed E-state index contributed by atoms with van der Waals surface area (Å²) in [5.41, 5.74) is 5.59. The Labute approximate surface area is 168 Å². The number of pyridine rings is 2. The van der Waals surface area contributed by atoms with E-state index in [0.29, 0.717) is 0 Å². The predicted molar refractivity (Wildman–Crippen MR) is 122 cm³/mol. The molecule has 0 radical (unpaired) electrons. The van der Waals surface area contributed by atoms with Gasteiger partial charge in [-0.2, -0.15) is 0 Å². The first-order chi connectivity index (χ1) is 14.3. The second-order valence-electron chi connectivity index (χ2n) is 7.62. The Balaban J connectivity index is 1.67. The van der Waals surface area contributed by atoms with Gasteiger partial charge in [0.05, 0.1) is 11.0 Å². The molecule has 0 atom stereocenters. The Morgan fingerprint density at radius 2 is 1.34 bits per heavy atom. The van der Waals surface area contributed by atoms with Gasteiger partial charge in [-0.3, -0.25) is 9.97 Å². The maximum Gasteiger partial charge on any atom is 0.0970 e. The molecule has 6 rings (SSSR count). The van der Waals surface area contributed by atoms with E-state index in [1.165, 1.54) is 38.2 Å². The summed E-state index contributed by atoms with van der Waals surface area (Å²) in [5.74, 6) is 0. The third-order valence-corrected chi connectivity index (χ3v) is 5.76. The van der Waals surface area contributed by atoms with Crippen LogP contribution in [0.4, 0.5) is 0 Å². The second-order valence-corrected chi connectivity index (χ2v) is 7.62. The Morgan fingerprint density at radius 1 is 0.552 bits per heavy atom. The number of benzene rings is 4. The Kier molecular flexibility index (Phi) is 3.41. The molecule has 4 aromatic carbocycles. The highest BCUT2D eigenvalue weighted by Gasteiger charge is 2.11. The van der Waals surface area contributed by atoms with E-state index in [1.54, 1.807) is 0 Å². The number of aryl methyl sites for hydroxylation is 1. The molecule has 6 aromatic rings. The number of hydrogen-bond donors (Lipinski definition) is 0. The lowest BCUT2D eigenvalue weighted by Crippen LogP contribution is -1.89. The van der Waals surface area contributed by atoms with Crippen LogP contribution in [0.25, 0.3) is 54.5 Å². The first kappa shape index (κ1) is 16.2. The van der Waals surface area contributed by atoms with Crippen LogP contribution >= 0.6 is 0 Å². The fraction of sp³-hybridized carbons (Fsp3) is 0.0370. The van der Waals surface area contributed by atoms with Crippen LogP contribution in [0.2, 0.25) is 0 Å². The van der Waals surface area contributed by atoms with Crippen molar-refractivity contribution < 1.29 is 0 Å². The van der Waals surface area contributed by atoms with E-state index in [0.717, 1.165) is 21.8 Å². The van der Waals surface area contributed by atoms with Crippen LogP contribution in [0.1, 0.15) is 5.56 Å². The molecule has 136 valence electrons. The van der Waals surface area contributed by atoms with Gasteiger partial charge in [0, 0.05) is 23.2 Å². The largest absolute Gasteiger partial charge is 0.254 e. The molecule has 0 aliphatic rings. The van der Waals surface area contributed by atoms with Crippen LogP contribution in [-0.4, -0.2) is 9.97 Å². The molecule has 29 heavy (non-hydrogen) atoms. The predicted octanol–water partition coefficient (Wildman–Crippen LogP) is 7.06. The SMILES string of the molecule is Cc1ccc2ccc3cc(-c4cc5cccnc5c5ncccc45)ccc3c2c1. The van der Waals surface area contributed by atoms with E-state index in [1.807, 2.05) is 24.5 Å². The maximum absolute atomic E-state index is 4.65. The van der Waals surface area contributed by atoms with E-state index in [4.69, 9.17) is 0 Å². The third kappa shape index (κ3) is 2.50. The molecule has 0 saturated carbocycles. The number of hydrogen-bond acceptors (Lipinski definition) is 2. The normalized spacial score (nSPS) is 11.6. The van der Waals surface area contributed by atoms with Crippen LogP contribution in [0.15, 0.2) is 91.3 Å². The van der Waals surface area contributed by atoms with Gasteiger partial charge in [0.1, 0.15) is 0 Å². The van der Waals surface area contributed by atoms with Crippen LogP contribution in [0, 0.1) is 6.92 Å². The Morgan fingerprint density at radius 3 is 2.28 bits per heavy atom. The first-order valence-corrected chi connectivity index (χ1v) is 9.84. The van der Waals surface area contributed by atoms with Gasteiger partial charge in [-0.25, -0.2) is 0 Å². The molecule has 2 nitrogen and oxygen atoms in total. The van der Waals surface area contributed by atoms with E-state index in [9.17, 15) is 0 Å². The minimum atomic E-state index is 0.953. The zero-order valence-corrected chi connectivity index (χ0v) is 16.1. The van der Waals surface area contributed by atoms with Gasteiger partial charge in [0.25, 0.3) is 0 Å². The fourth-order valence-corrected chi connectivity index (χ4v) is 4.36. The smallest absolute Gasteiger partial charge is 0.0970 e. The van der Waals surface area contributed by atoms with Crippen LogP contribution in [-0.2, 0) is 0 Å². The zero-order valence-electron chi connectivity index (χ0n) is 16.1. The summed E-state index contributed by atoms with van der Waals surface area (Å²) < 4.78 is 0. The summed E-state index contributed by atoms with van der Waals surface area (Å²) in [5, 5.41) is 7.38. The van der Waals surface area contributed by atoms with Gasteiger partial charge >= 0.3 is 0 Å². The summed E-state index contributed by atoms with van der Waals surface area (Å²) in [6, 6.07) is 28.3. The van der Waals surface area contributed by atoms with Crippen molar-refractivity contribution in [1.82, 2.24) is 9.97 Å². The van der Waals surface area contributed by atoms with Crippen molar-refractivity contribution in [3.8, 4) is 11.1 Å². The molecule has 0 bridgehead atoms. The van der Waals surface area contributed by atoms with Crippen molar-refractivity contribution >= 4 is 43.4 Å². The molecule has 0 amide bonds. The number of nitrogens with zero attached hydrogens (tertiary/aromatic N) is 2. The Bertz CT molecular complexity index is 1560. The lowest BCUT2D eigenvalue weighted by molar-refractivity contribution is 1.37. The maximum atomic E-state index is 4.65. The molecule has 0 unspecified atom stereocenters. The minimum Gasteiger partial charge on any atom is -0.254 e. The molecule has 2 heteroatoms. The monoisotopic (exact) mass is 370 g/mol. The van der Waals surface area contributed by atoms with Gasteiger partial charge in [-0.15, -0.1) is 0 Å². The summed E-state index contributed by atoms with van der Waals surface area (Å²) in [7, 11) is 0. The van der Waals surface area contributed by atoms with Crippen molar-refractivity contribution in [2.45, 2.75) is 6.92 Å². The van der Waals surface area contributed by atoms with Gasteiger partial charge in [0.2, 0.25) is 0 Å². The molecular formula is C27H18N2. The molecule has 0 aliphatic carbocycles. The zero-order chi connectivity index (χ0) is 19.4. The van der Waals surface area contributed by atoms with E-state index < -0.39 is 0 Å². The highest BCUT2D eigenvalue weighted by Crippen LogP contribution is 2.35. The van der Waals surface area contributed by atoms with E-state index in [-0.39, 0.29) is 0 Å². The number of rotatable bonds is 1. The van der Waals surface area contributed by atoms with Gasteiger partial charge in [-0.1, -0.05) is 60.2 Å². The van der Waals surface area contributed by atoms with Crippen molar-refractivity contribution in [2.24, 2.45) is 0 Å². The average molecular weight is 370 g/mol. The van der Waals surface area contributed by atoms with Crippen molar-refractivity contribution in [3.63, 3.8) is 0 Å². The highest BCUT2D eigenvalue weighted by molar-refractivity contribution is 6.12. The highest BCUT2D eigenvalue weighted by atomic mass is 14.7. The third-order valence-electron chi connectivity index (χ3n) is 5.76. The lowest BCUT2D eigenvalue weighted by atomic mass is 9.94. The summed E-state index contributed by atoms with van der Waals surface area (Å²) in [4.78, 5) is 9.22. The quantitative estimate of drug-likeness (QED) is 0.289. The minimum absolute atomic E-state index is 0.953. The molecule has 0 N–H and O–H groups in total. The fourth-order valence-electron chi connectivity index (χ4n) is 4.36. The summed E-state index contributed by atoms with van der Waals surface area (Å²) >= 11 is 0. The van der Waals surface area contributed by atoms with Gasteiger partial charge in [-0.05, 0) is 63.9 Å². The van der Waals surface area contributed by atoms with Crippen molar-refractivity contribution in [1.29, 1.82) is 0 Å². The number of aromatic nitrogens is 2. The topological polar surface area (TPSA) is 25.8 Å². The molecular weight excluding hydrogens is 352 g/mol. The summed E-state index contributed by atoms with van der Waals surface area (Å²) in [6.07, 6.45) is 3.67. The van der Waals surface area contributed by atoms with E-state index >= 15 is 0 Å². The number of fused-ring (bicyclic) bond motifs is 6. The van der Waals surface area contributed by atoms with Crippen LogP contribution in [0.5, 0.6) is 0 Å². The van der Waals surface area contributed by atoms with Gasteiger partial charge < -0.3 is 0 Å². The molecule has 2 aromatic heterocycles. The van der Waals surface area contributed by atoms with Crippen molar-refractivity contribution in [3.05, 3.63) is 96.8 Å².